The molecule has 1 fully saturated rings. The predicted molar refractivity (Wildman–Crippen MR) is 66.9 cm³/mol. The Morgan fingerprint density at radius 3 is 2.25 bits per heavy atom. The van der Waals surface area contributed by atoms with Crippen molar-refractivity contribution in [2.24, 2.45) is 0 Å². The van der Waals surface area contributed by atoms with E-state index in [4.69, 9.17) is 0 Å². The third kappa shape index (κ3) is 4.39. The van der Waals surface area contributed by atoms with E-state index in [1.54, 1.807) is 0 Å². The van der Waals surface area contributed by atoms with E-state index in [1.807, 2.05) is 6.92 Å². The molecule has 0 aliphatic carbocycles. The second-order valence-electron chi connectivity index (χ2n) is 5.16. The molecule has 0 aromatic heterocycles. The van der Waals surface area contributed by atoms with E-state index >= 15 is 0 Å². The summed E-state index contributed by atoms with van der Waals surface area (Å²) in [6, 6.07) is 0.967. The van der Waals surface area contributed by atoms with Gasteiger partial charge in [-0.25, -0.2) is 13.4 Å². The Labute approximate surface area is 99.3 Å². The number of nitrogens with one attached hydrogen (secondary N) is 1. The first-order valence-corrected chi connectivity index (χ1v) is 8.08. The van der Waals surface area contributed by atoms with E-state index in [0.29, 0.717) is 12.1 Å². The quantitative estimate of drug-likeness (QED) is 0.812. The molecule has 3 atom stereocenters. The first-order valence-electron chi connectivity index (χ1n) is 6.02. The lowest BCUT2D eigenvalue weighted by Crippen LogP contribution is -2.56. The molecule has 0 bridgehead atoms. The number of sulfone groups is 1. The predicted octanol–water partition coefficient (Wildman–Crippen LogP) is 1.19. The van der Waals surface area contributed by atoms with Gasteiger partial charge in [-0.1, -0.05) is 6.42 Å². The molecule has 5 heteroatoms. The molecule has 0 aromatic rings. The summed E-state index contributed by atoms with van der Waals surface area (Å²) in [7, 11) is -2.90. The van der Waals surface area contributed by atoms with Gasteiger partial charge in [-0.15, -0.1) is 0 Å². The average molecular weight is 248 g/mol. The second kappa shape index (κ2) is 5.47. The van der Waals surface area contributed by atoms with Crippen LogP contribution < -0.4 is 5.43 Å². The van der Waals surface area contributed by atoms with Crippen LogP contribution in [0.3, 0.4) is 0 Å². The fourth-order valence-corrected chi connectivity index (χ4v) is 3.40. The Morgan fingerprint density at radius 2 is 1.81 bits per heavy atom. The van der Waals surface area contributed by atoms with Crippen molar-refractivity contribution in [3.05, 3.63) is 0 Å². The van der Waals surface area contributed by atoms with Gasteiger partial charge in [-0.2, -0.15) is 0 Å². The lowest BCUT2D eigenvalue weighted by molar-refractivity contribution is 0.0355. The highest BCUT2D eigenvalue weighted by Crippen LogP contribution is 2.20. The van der Waals surface area contributed by atoms with Crippen molar-refractivity contribution in [2.75, 3.05) is 12.0 Å². The standard InChI is InChI=1S/C11H24N2O2S/c1-9(8-16(4,14)15)12-13-10(2)6-5-7-11(13)3/h9-12H,5-8H2,1-4H3. The van der Waals surface area contributed by atoms with Gasteiger partial charge in [0.1, 0.15) is 9.84 Å². The normalized spacial score (nSPS) is 30.2. The fraction of sp³-hybridized carbons (Fsp3) is 1.00. The van der Waals surface area contributed by atoms with E-state index < -0.39 is 9.84 Å². The number of piperidine rings is 1. The first kappa shape index (κ1) is 13.9. The summed E-state index contributed by atoms with van der Waals surface area (Å²) in [4.78, 5) is 0. The molecule has 1 heterocycles. The Kier molecular flexibility index (Phi) is 4.76. The molecular formula is C11H24N2O2S. The third-order valence-corrected chi connectivity index (χ3v) is 4.22. The summed E-state index contributed by atoms with van der Waals surface area (Å²) in [5.74, 6) is 0.197. The minimum absolute atomic E-state index is 0.0157. The second-order valence-corrected chi connectivity index (χ2v) is 7.34. The van der Waals surface area contributed by atoms with Crippen LogP contribution in [0.15, 0.2) is 0 Å². The van der Waals surface area contributed by atoms with E-state index in [1.165, 1.54) is 25.5 Å². The molecule has 3 unspecified atom stereocenters. The van der Waals surface area contributed by atoms with Gasteiger partial charge in [-0.3, -0.25) is 5.43 Å². The van der Waals surface area contributed by atoms with Crippen LogP contribution in [-0.4, -0.2) is 43.6 Å². The van der Waals surface area contributed by atoms with Crippen molar-refractivity contribution >= 4 is 9.84 Å². The first-order chi connectivity index (χ1) is 7.29. The highest BCUT2D eigenvalue weighted by atomic mass is 32.2. The summed E-state index contributed by atoms with van der Waals surface area (Å²) in [6.45, 7) is 6.31. The summed E-state index contributed by atoms with van der Waals surface area (Å²) in [6.07, 6.45) is 4.92. The molecule has 1 aliphatic rings. The minimum Gasteiger partial charge on any atom is -0.251 e. The van der Waals surface area contributed by atoms with Gasteiger partial charge in [0.15, 0.2) is 0 Å². The van der Waals surface area contributed by atoms with Crippen LogP contribution in [-0.2, 0) is 9.84 Å². The van der Waals surface area contributed by atoms with Crippen molar-refractivity contribution < 1.29 is 8.42 Å². The summed E-state index contributed by atoms with van der Waals surface area (Å²) < 4.78 is 22.4. The van der Waals surface area contributed by atoms with Crippen molar-refractivity contribution in [3.63, 3.8) is 0 Å². The van der Waals surface area contributed by atoms with Gasteiger partial charge in [0.25, 0.3) is 0 Å². The monoisotopic (exact) mass is 248 g/mol. The molecule has 1 aliphatic heterocycles. The van der Waals surface area contributed by atoms with E-state index in [0.717, 1.165) is 0 Å². The zero-order valence-electron chi connectivity index (χ0n) is 10.7. The summed E-state index contributed by atoms with van der Waals surface area (Å²) in [5.41, 5.74) is 3.33. The van der Waals surface area contributed by atoms with E-state index in [9.17, 15) is 8.42 Å². The Bertz CT molecular complexity index is 306. The number of rotatable bonds is 4. The van der Waals surface area contributed by atoms with Crippen LogP contribution in [0.5, 0.6) is 0 Å². The topological polar surface area (TPSA) is 49.4 Å². The third-order valence-electron chi connectivity index (χ3n) is 3.12. The Morgan fingerprint density at radius 1 is 1.31 bits per heavy atom. The van der Waals surface area contributed by atoms with Gasteiger partial charge in [0, 0.05) is 24.4 Å². The van der Waals surface area contributed by atoms with Gasteiger partial charge in [0.2, 0.25) is 0 Å². The average Bonchev–Trinajstić information content (AvgIpc) is 2.08. The lowest BCUT2D eigenvalue weighted by Gasteiger charge is -2.40. The molecule has 96 valence electrons. The Balaban J connectivity index is 2.51. The maximum Gasteiger partial charge on any atom is 0.149 e. The van der Waals surface area contributed by atoms with Gasteiger partial charge < -0.3 is 0 Å². The maximum absolute atomic E-state index is 11.2. The Hall–Kier alpha value is -0.130. The number of hydrazine groups is 1. The van der Waals surface area contributed by atoms with Gasteiger partial charge in [0.05, 0.1) is 5.75 Å². The smallest absolute Gasteiger partial charge is 0.149 e. The molecule has 0 aromatic carbocycles. The van der Waals surface area contributed by atoms with Crippen LogP contribution >= 0.6 is 0 Å². The van der Waals surface area contributed by atoms with Crippen molar-refractivity contribution in [1.82, 2.24) is 10.4 Å². The lowest BCUT2D eigenvalue weighted by atomic mass is 10.00. The van der Waals surface area contributed by atoms with Gasteiger partial charge in [-0.05, 0) is 33.6 Å². The van der Waals surface area contributed by atoms with Crippen LogP contribution in [0.25, 0.3) is 0 Å². The van der Waals surface area contributed by atoms with Crippen LogP contribution in [0.4, 0.5) is 0 Å². The molecule has 1 saturated heterocycles. The zero-order chi connectivity index (χ0) is 12.3. The largest absolute Gasteiger partial charge is 0.251 e. The van der Waals surface area contributed by atoms with Crippen LogP contribution in [0.1, 0.15) is 40.0 Å². The SMILES string of the molecule is CC(CS(C)(=O)=O)NN1C(C)CCCC1C. The molecular weight excluding hydrogens is 224 g/mol. The number of hydrogen-bond acceptors (Lipinski definition) is 4. The number of hydrogen-bond donors (Lipinski definition) is 1. The van der Waals surface area contributed by atoms with Crippen LogP contribution in [0.2, 0.25) is 0 Å². The molecule has 0 spiro atoms. The number of nitrogens with zero attached hydrogens (tertiary/aromatic N) is 1. The fourth-order valence-electron chi connectivity index (χ4n) is 2.42. The molecule has 0 saturated carbocycles. The zero-order valence-corrected chi connectivity index (χ0v) is 11.5. The van der Waals surface area contributed by atoms with Crippen LogP contribution in [0, 0.1) is 0 Å². The van der Waals surface area contributed by atoms with Crippen molar-refractivity contribution in [3.8, 4) is 0 Å². The molecule has 0 radical (unpaired) electrons. The van der Waals surface area contributed by atoms with Gasteiger partial charge >= 0.3 is 0 Å². The maximum atomic E-state index is 11.2. The molecule has 0 amide bonds. The molecule has 1 N–H and O–H groups in total. The highest BCUT2D eigenvalue weighted by molar-refractivity contribution is 7.90. The van der Waals surface area contributed by atoms with E-state index in [2.05, 4.69) is 24.3 Å². The minimum atomic E-state index is -2.90. The molecule has 1 rings (SSSR count). The molecule has 16 heavy (non-hydrogen) atoms. The summed E-state index contributed by atoms with van der Waals surface area (Å²) in [5, 5.41) is 2.22. The van der Waals surface area contributed by atoms with E-state index in [-0.39, 0.29) is 11.8 Å². The summed E-state index contributed by atoms with van der Waals surface area (Å²) >= 11 is 0. The van der Waals surface area contributed by atoms with Crippen molar-refractivity contribution in [2.45, 2.75) is 58.2 Å². The van der Waals surface area contributed by atoms with Crippen molar-refractivity contribution in [1.29, 1.82) is 0 Å². The molecule has 4 nitrogen and oxygen atoms in total. The highest BCUT2D eigenvalue weighted by Gasteiger charge is 2.26.